The summed E-state index contributed by atoms with van der Waals surface area (Å²) in [6, 6.07) is 0.675. The van der Waals surface area contributed by atoms with Gasteiger partial charge < -0.3 is 10.8 Å². The molecule has 0 amide bonds. The third-order valence-corrected chi connectivity index (χ3v) is 2.33. The van der Waals surface area contributed by atoms with Crippen molar-refractivity contribution in [3.63, 3.8) is 0 Å². The molecule has 0 unspecified atom stereocenters. The minimum Gasteiger partial charge on any atom is -0.503 e. The van der Waals surface area contributed by atoms with Gasteiger partial charge in [0.2, 0.25) is 5.03 Å². The van der Waals surface area contributed by atoms with Crippen LogP contribution in [0.25, 0.3) is 0 Å². The number of nitrogens with zero attached hydrogens (tertiary/aromatic N) is 1. The van der Waals surface area contributed by atoms with Gasteiger partial charge in [-0.05, 0) is 6.07 Å². The van der Waals surface area contributed by atoms with Crippen molar-refractivity contribution in [3.8, 4) is 5.75 Å². The molecule has 15 heavy (non-hydrogen) atoms. The maximum atomic E-state index is 12.2. The molecule has 0 aliphatic carbocycles. The fraction of sp³-hybridized carbons (Fsp3) is 0.167. The number of alkyl halides is 2. The fourth-order valence-electron chi connectivity index (χ4n) is 0.864. The van der Waals surface area contributed by atoms with Gasteiger partial charge in [-0.3, -0.25) is 0 Å². The second-order valence-corrected chi connectivity index (χ2v) is 4.11. The van der Waals surface area contributed by atoms with Gasteiger partial charge in [0.05, 0.1) is 5.69 Å². The first-order valence-corrected chi connectivity index (χ1v) is 5.08. The van der Waals surface area contributed by atoms with Gasteiger partial charge in [-0.1, -0.05) is 0 Å². The summed E-state index contributed by atoms with van der Waals surface area (Å²) in [5, 5.41) is 12.7. The molecule has 0 saturated carbocycles. The van der Waals surface area contributed by atoms with Gasteiger partial charge in [0.1, 0.15) is 5.69 Å². The Labute approximate surface area is 83.6 Å². The first-order chi connectivity index (χ1) is 6.73. The molecule has 1 aromatic heterocycles. The lowest BCUT2D eigenvalue weighted by molar-refractivity contribution is 0.145. The van der Waals surface area contributed by atoms with Gasteiger partial charge in [-0.15, -0.1) is 0 Å². The lowest BCUT2D eigenvalue weighted by Gasteiger charge is -2.07. The molecule has 0 aromatic carbocycles. The van der Waals surface area contributed by atoms with Crippen LogP contribution in [0.4, 0.5) is 14.5 Å². The molecular formula is C6H7F2N3O3S. The van der Waals surface area contributed by atoms with Gasteiger partial charge >= 0.3 is 0 Å². The van der Waals surface area contributed by atoms with Crippen molar-refractivity contribution in [2.45, 2.75) is 11.5 Å². The average molecular weight is 239 g/mol. The zero-order valence-electron chi connectivity index (χ0n) is 7.18. The summed E-state index contributed by atoms with van der Waals surface area (Å²) >= 11 is 0. The lowest BCUT2D eigenvalue weighted by atomic mass is 10.3. The van der Waals surface area contributed by atoms with Gasteiger partial charge in [0.15, 0.2) is 5.75 Å². The predicted octanol–water partition coefficient (Wildman–Crippen LogP) is -0.0456. The van der Waals surface area contributed by atoms with Gasteiger partial charge in [0, 0.05) is 0 Å². The summed E-state index contributed by atoms with van der Waals surface area (Å²) in [7, 11) is -4.39. The Hall–Kier alpha value is -1.48. The van der Waals surface area contributed by atoms with Crippen LogP contribution in [0.2, 0.25) is 0 Å². The molecule has 1 aromatic rings. The van der Waals surface area contributed by atoms with Crippen molar-refractivity contribution < 1.29 is 22.3 Å². The number of rotatable bonds is 2. The summed E-state index contributed by atoms with van der Waals surface area (Å²) in [6.07, 6.45) is -3.01. The highest BCUT2D eigenvalue weighted by atomic mass is 32.2. The summed E-state index contributed by atoms with van der Waals surface area (Å²) in [5.41, 5.74) is 3.72. The third kappa shape index (κ3) is 2.30. The van der Waals surface area contributed by atoms with E-state index in [0.717, 1.165) is 0 Å². The SMILES string of the molecule is Nc1cc(C(F)F)nc(S(N)(=O)=O)c1O. The molecule has 0 atom stereocenters. The van der Waals surface area contributed by atoms with Crippen molar-refractivity contribution in [2.75, 3.05) is 5.73 Å². The zero-order chi connectivity index (χ0) is 11.8. The van der Waals surface area contributed by atoms with Crippen LogP contribution in [0.1, 0.15) is 12.1 Å². The molecule has 84 valence electrons. The van der Waals surface area contributed by atoms with Crippen LogP contribution in [0, 0.1) is 0 Å². The summed E-state index contributed by atoms with van der Waals surface area (Å²) < 4.78 is 46.1. The second kappa shape index (κ2) is 3.59. The largest absolute Gasteiger partial charge is 0.503 e. The Balaban J connectivity index is 3.52. The molecule has 6 nitrogen and oxygen atoms in total. The van der Waals surface area contributed by atoms with Crippen molar-refractivity contribution in [2.24, 2.45) is 5.14 Å². The molecule has 0 bridgehead atoms. The highest BCUT2D eigenvalue weighted by Crippen LogP contribution is 2.30. The molecule has 0 saturated heterocycles. The monoisotopic (exact) mass is 239 g/mol. The Kier molecular flexibility index (Phi) is 2.77. The van der Waals surface area contributed by atoms with Crippen molar-refractivity contribution in [3.05, 3.63) is 11.8 Å². The number of primary sulfonamides is 1. The van der Waals surface area contributed by atoms with Crippen molar-refractivity contribution in [1.82, 2.24) is 4.98 Å². The topological polar surface area (TPSA) is 119 Å². The molecule has 0 spiro atoms. The smallest absolute Gasteiger partial charge is 0.280 e. The average Bonchev–Trinajstić information content (AvgIpc) is 2.06. The molecule has 1 rings (SSSR count). The number of halogens is 2. The Bertz CT molecular complexity index is 489. The van der Waals surface area contributed by atoms with E-state index in [1.165, 1.54) is 0 Å². The molecule has 0 aliphatic heterocycles. The van der Waals surface area contributed by atoms with E-state index < -0.39 is 38.6 Å². The Morgan fingerprint density at radius 1 is 1.47 bits per heavy atom. The van der Waals surface area contributed by atoms with Crippen LogP contribution in [0.5, 0.6) is 5.75 Å². The molecule has 0 radical (unpaired) electrons. The molecule has 5 N–H and O–H groups in total. The van der Waals surface area contributed by atoms with Crippen LogP contribution < -0.4 is 10.9 Å². The first kappa shape index (κ1) is 11.6. The summed E-state index contributed by atoms with van der Waals surface area (Å²) in [6.45, 7) is 0. The summed E-state index contributed by atoms with van der Waals surface area (Å²) in [5.74, 6) is -0.929. The number of nitrogens with two attached hydrogens (primary N) is 2. The van der Waals surface area contributed by atoms with Gasteiger partial charge in [0.25, 0.3) is 16.4 Å². The van der Waals surface area contributed by atoms with Crippen LogP contribution in [-0.2, 0) is 10.0 Å². The maximum Gasteiger partial charge on any atom is 0.280 e. The highest BCUT2D eigenvalue weighted by molar-refractivity contribution is 7.89. The highest BCUT2D eigenvalue weighted by Gasteiger charge is 2.22. The van der Waals surface area contributed by atoms with E-state index in [4.69, 9.17) is 10.8 Å². The van der Waals surface area contributed by atoms with Gasteiger partial charge in [-0.2, -0.15) is 0 Å². The number of aromatic hydroxyl groups is 1. The Morgan fingerprint density at radius 3 is 2.40 bits per heavy atom. The van der Waals surface area contributed by atoms with Crippen LogP contribution in [0.15, 0.2) is 11.1 Å². The van der Waals surface area contributed by atoms with E-state index in [-0.39, 0.29) is 0 Å². The van der Waals surface area contributed by atoms with E-state index in [9.17, 15) is 17.2 Å². The number of pyridine rings is 1. The quantitative estimate of drug-likeness (QED) is 0.668. The predicted molar refractivity (Wildman–Crippen MR) is 46.6 cm³/mol. The standard InChI is InChI=1S/C6H7F2N3O3S/c7-5(8)3-1-2(9)4(12)6(11-3)15(10,13)14/h1,5,12H,(H2,9,11)(H2,10,13,14). The third-order valence-electron chi connectivity index (χ3n) is 1.50. The number of anilines is 1. The molecule has 9 heteroatoms. The van der Waals surface area contributed by atoms with Crippen LogP contribution >= 0.6 is 0 Å². The van der Waals surface area contributed by atoms with E-state index in [2.05, 4.69) is 10.1 Å². The second-order valence-electron chi connectivity index (χ2n) is 2.64. The van der Waals surface area contributed by atoms with E-state index in [1.54, 1.807) is 0 Å². The minimum absolute atomic E-state index is 0.524. The number of hydrogen-bond donors (Lipinski definition) is 3. The zero-order valence-corrected chi connectivity index (χ0v) is 8.00. The maximum absolute atomic E-state index is 12.2. The van der Waals surface area contributed by atoms with Crippen molar-refractivity contribution in [1.29, 1.82) is 0 Å². The number of nitrogen functional groups attached to an aromatic ring is 1. The fourth-order valence-corrected chi connectivity index (χ4v) is 1.48. The molecular weight excluding hydrogens is 232 g/mol. The normalized spacial score (nSPS) is 12.0. The Morgan fingerprint density at radius 2 is 2.00 bits per heavy atom. The van der Waals surface area contributed by atoms with E-state index in [1.807, 2.05) is 0 Å². The molecule has 1 heterocycles. The number of aromatic nitrogens is 1. The summed E-state index contributed by atoms with van der Waals surface area (Å²) in [4.78, 5) is 3.01. The molecule has 0 fully saturated rings. The van der Waals surface area contributed by atoms with Crippen molar-refractivity contribution >= 4 is 15.7 Å². The first-order valence-electron chi connectivity index (χ1n) is 3.54. The molecule has 0 aliphatic rings. The number of sulfonamides is 1. The lowest BCUT2D eigenvalue weighted by Crippen LogP contribution is -2.16. The van der Waals surface area contributed by atoms with E-state index >= 15 is 0 Å². The van der Waals surface area contributed by atoms with Crippen LogP contribution in [-0.4, -0.2) is 18.5 Å². The van der Waals surface area contributed by atoms with Crippen LogP contribution in [0.3, 0.4) is 0 Å². The number of hydrogen-bond acceptors (Lipinski definition) is 5. The minimum atomic E-state index is -4.39. The van der Waals surface area contributed by atoms with E-state index in [0.29, 0.717) is 6.07 Å². The van der Waals surface area contributed by atoms with Gasteiger partial charge in [-0.25, -0.2) is 27.3 Å².